The number of carbonyl (C=O) groups is 3. The van der Waals surface area contributed by atoms with Gasteiger partial charge in [-0.15, -0.1) is 0 Å². The van der Waals surface area contributed by atoms with Crippen molar-refractivity contribution >= 4 is 57.6 Å². The van der Waals surface area contributed by atoms with Crippen LogP contribution in [0.2, 0.25) is 10.0 Å². The van der Waals surface area contributed by atoms with Gasteiger partial charge in [0.1, 0.15) is 19.0 Å². The van der Waals surface area contributed by atoms with E-state index in [1.165, 1.54) is 45.1 Å². The van der Waals surface area contributed by atoms with Crippen LogP contribution in [0, 0.1) is 6.92 Å². The number of nitrogens with two attached hydrogens (primary N) is 1. The highest BCUT2D eigenvalue weighted by Crippen LogP contribution is 2.30. The lowest BCUT2D eigenvalue weighted by Crippen LogP contribution is -2.36. The Morgan fingerprint density at radius 3 is 2.25 bits per heavy atom. The predicted molar refractivity (Wildman–Crippen MR) is 190 cm³/mol. The Labute approximate surface area is 291 Å². The van der Waals surface area contributed by atoms with Crippen LogP contribution in [0.1, 0.15) is 77.9 Å². The van der Waals surface area contributed by atoms with E-state index in [4.69, 9.17) is 43.1 Å². The van der Waals surface area contributed by atoms with Crippen molar-refractivity contribution in [2.45, 2.75) is 65.5 Å². The highest BCUT2D eigenvalue weighted by Gasteiger charge is 2.22. The summed E-state index contributed by atoms with van der Waals surface area (Å²) in [7, 11) is 1.63. The van der Waals surface area contributed by atoms with Gasteiger partial charge in [-0.25, -0.2) is 4.79 Å². The maximum Gasteiger partial charge on any atom is 0.338 e. The summed E-state index contributed by atoms with van der Waals surface area (Å²) in [4.78, 5) is 38.1. The molecule has 0 spiro atoms. The molecular weight excluding hydrogens is 653 g/mol. The van der Waals surface area contributed by atoms with Gasteiger partial charge in [-0.3, -0.25) is 19.1 Å². The molecule has 1 heterocycles. The number of benzene rings is 3. The summed E-state index contributed by atoms with van der Waals surface area (Å²) >= 11 is 12.1. The lowest BCUT2D eigenvalue weighted by Gasteiger charge is -2.34. The smallest absolute Gasteiger partial charge is 0.338 e. The number of hydrogen-bond donors (Lipinski definition) is 1. The zero-order valence-corrected chi connectivity index (χ0v) is 29.4. The second-order valence-electron chi connectivity index (χ2n) is 11.7. The SMILES string of the molecule is CCN(Cc1cc(C(=O)OCCOC(C)=O)cc(Cl)c1N)C1CCCCC1.COc1ccc2c(c1)cc(C)n2C(=O)c1ccc(Cl)cc1. The van der Waals surface area contributed by atoms with Crippen LogP contribution >= 0.6 is 23.2 Å². The largest absolute Gasteiger partial charge is 0.497 e. The lowest BCUT2D eigenvalue weighted by molar-refractivity contribution is -0.142. The molecule has 3 aromatic carbocycles. The minimum atomic E-state index is -0.508. The number of nitrogen functional groups attached to an aromatic ring is 1. The molecule has 48 heavy (non-hydrogen) atoms. The van der Waals surface area contributed by atoms with Crippen LogP contribution in [0.4, 0.5) is 5.69 Å². The minimum Gasteiger partial charge on any atom is -0.497 e. The summed E-state index contributed by atoms with van der Waals surface area (Å²) in [6.07, 6.45) is 6.20. The summed E-state index contributed by atoms with van der Waals surface area (Å²) in [5.74, 6) is -0.208. The molecule has 1 aliphatic carbocycles. The Balaban J connectivity index is 0.000000223. The van der Waals surface area contributed by atoms with Gasteiger partial charge in [0.05, 0.1) is 28.9 Å². The van der Waals surface area contributed by atoms with E-state index in [1.54, 1.807) is 42.0 Å². The van der Waals surface area contributed by atoms with Crippen LogP contribution in [0.5, 0.6) is 5.75 Å². The van der Waals surface area contributed by atoms with Gasteiger partial charge in [-0.05, 0) is 92.5 Å². The van der Waals surface area contributed by atoms with Crippen molar-refractivity contribution in [1.82, 2.24) is 9.47 Å². The Hall–Kier alpha value is -4.05. The van der Waals surface area contributed by atoms with Gasteiger partial charge in [0, 0.05) is 41.2 Å². The first-order valence-corrected chi connectivity index (χ1v) is 16.9. The zero-order valence-electron chi connectivity index (χ0n) is 27.9. The molecule has 9 nitrogen and oxygen atoms in total. The van der Waals surface area contributed by atoms with E-state index in [0.717, 1.165) is 34.5 Å². The van der Waals surface area contributed by atoms with Gasteiger partial charge in [0.25, 0.3) is 5.91 Å². The fraction of sp³-hybridized carbons (Fsp3) is 0.378. The van der Waals surface area contributed by atoms with E-state index in [-0.39, 0.29) is 19.1 Å². The Bertz CT molecular complexity index is 1730. The Morgan fingerprint density at radius 1 is 0.917 bits per heavy atom. The van der Waals surface area contributed by atoms with Crippen LogP contribution in [0.15, 0.2) is 60.7 Å². The van der Waals surface area contributed by atoms with Crippen molar-refractivity contribution in [1.29, 1.82) is 0 Å². The highest BCUT2D eigenvalue weighted by atomic mass is 35.5. The molecule has 5 rings (SSSR count). The molecule has 0 unspecified atom stereocenters. The summed E-state index contributed by atoms with van der Waals surface area (Å²) in [6.45, 7) is 6.96. The first-order chi connectivity index (χ1) is 23.0. The van der Waals surface area contributed by atoms with Crippen molar-refractivity contribution in [3.05, 3.63) is 93.1 Å². The fourth-order valence-electron chi connectivity index (χ4n) is 5.94. The number of ether oxygens (including phenoxy) is 3. The van der Waals surface area contributed by atoms with Gasteiger partial charge < -0.3 is 19.9 Å². The van der Waals surface area contributed by atoms with Crippen molar-refractivity contribution in [2.24, 2.45) is 0 Å². The van der Waals surface area contributed by atoms with E-state index in [0.29, 0.717) is 39.4 Å². The average Bonchev–Trinajstić information content (AvgIpc) is 3.42. The second kappa shape index (κ2) is 17.4. The molecule has 1 saturated carbocycles. The minimum absolute atomic E-state index is 0.00109. The molecule has 0 atom stereocenters. The van der Waals surface area contributed by atoms with E-state index in [1.807, 2.05) is 31.2 Å². The molecule has 0 bridgehead atoms. The summed E-state index contributed by atoms with van der Waals surface area (Å²) in [5, 5.41) is 1.94. The molecule has 0 radical (unpaired) electrons. The molecule has 1 fully saturated rings. The molecule has 1 aliphatic rings. The van der Waals surface area contributed by atoms with E-state index in [2.05, 4.69) is 11.8 Å². The monoisotopic (exact) mass is 695 g/mol. The van der Waals surface area contributed by atoms with Gasteiger partial charge in [-0.1, -0.05) is 49.4 Å². The van der Waals surface area contributed by atoms with Crippen LogP contribution in [0.3, 0.4) is 0 Å². The third-order valence-corrected chi connectivity index (χ3v) is 9.00. The second-order valence-corrected chi connectivity index (χ2v) is 12.6. The van der Waals surface area contributed by atoms with Gasteiger partial charge in [0.2, 0.25) is 0 Å². The topological polar surface area (TPSA) is 113 Å². The van der Waals surface area contributed by atoms with Crippen molar-refractivity contribution < 1.29 is 28.6 Å². The number of methoxy groups -OCH3 is 1. The third-order valence-electron chi connectivity index (χ3n) is 8.43. The summed E-state index contributed by atoms with van der Waals surface area (Å²) in [5.41, 5.74) is 10.2. The Morgan fingerprint density at radius 2 is 1.60 bits per heavy atom. The molecular formula is C37H43Cl2N3O6. The Kier molecular flexibility index (Phi) is 13.3. The molecule has 1 aromatic heterocycles. The van der Waals surface area contributed by atoms with Crippen LogP contribution < -0.4 is 10.5 Å². The number of nitrogens with zero attached hydrogens (tertiary/aromatic N) is 2. The summed E-state index contributed by atoms with van der Waals surface area (Å²) in [6, 6.07) is 18.4. The fourth-order valence-corrected chi connectivity index (χ4v) is 6.31. The van der Waals surface area contributed by atoms with Gasteiger partial charge in [-0.2, -0.15) is 0 Å². The third kappa shape index (κ3) is 9.52. The molecule has 2 N–H and O–H groups in total. The molecule has 256 valence electrons. The summed E-state index contributed by atoms with van der Waals surface area (Å²) < 4.78 is 16.8. The molecule has 11 heteroatoms. The average molecular weight is 697 g/mol. The quantitative estimate of drug-likeness (QED) is 0.101. The number of aromatic nitrogens is 1. The van der Waals surface area contributed by atoms with Crippen molar-refractivity contribution in [2.75, 3.05) is 32.6 Å². The molecule has 0 saturated heterocycles. The van der Waals surface area contributed by atoms with E-state index < -0.39 is 11.9 Å². The number of hydrogen-bond acceptors (Lipinski definition) is 8. The molecule has 4 aromatic rings. The predicted octanol–water partition coefficient (Wildman–Crippen LogP) is 8.10. The number of esters is 2. The highest BCUT2D eigenvalue weighted by molar-refractivity contribution is 6.33. The maximum absolute atomic E-state index is 12.7. The van der Waals surface area contributed by atoms with Crippen LogP contribution in [-0.4, -0.2) is 60.2 Å². The van der Waals surface area contributed by atoms with E-state index >= 15 is 0 Å². The number of halogens is 2. The zero-order chi connectivity index (χ0) is 34.8. The number of aryl methyl sites for hydroxylation is 1. The first-order valence-electron chi connectivity index (χ1n) is 16.1. The van der Waals surface area contributed by atoms with Crippen molar-refractivity contribution in [3.8, 4) is 5.75 Å². The first kappa shape index (κ1) is 36.8. The number of fused-ring (bicyclic) bond motifs is 1. The molecule has 0 aliphatic heterocycles. The maximum atomic E-state index is 12.7. The number of rotatable bonds is 10. The lowest BCUT2D eigenvalue weighted by atomic mass is 9.93. The van der Waals surface area contributed by atoms with Crippen LogP contribution in [-0.2, 0) is 20.8 Å². The van der Waals surface area contributed by atoms with Crippen LogP contribution in [0.25, 0.3) is 10.9 Å². The number of anilines is 1. The normalized spacial score (nSPS) is 13.1. The van der Waals surface area contributed by atoms with Gasteiger partial charge in [0.15, 0.2) is 0 Å². The van der Waals surface area contributed by atoms with E-state index in [9.17, 15) is 14.4 Å². The standard InChI is InChI=1S/C20H29ClN2O4.C17H14ClNO2/c1-3-23(17-7-5-4-6-8-17)13-16-11-15(12-18(21)19(16)22)20(25)27-10-9-26-14(2)24;1-11-9-13-10-15(21-2)7-8-16(13)19(11)17(20)12-3-5-14(18)6-4-12/h11-12,17H,3-10,13,22H2,1-2H3;3-10H,1-2H3. The van der Waals surface area contributed by atoms with Gasteiger partial charge >= 0.3 is 11.9 Å². The number of carbonyl (C=O) groups excluding carboxylic acids is 3. The molecule has 0 amide bonds. The van der Waals surface area contributed by atoms with Crippen molar-refractivity contribution in [3.63, 3.8) is 0 Å².